The second kappa shape index (κ2) is 3.99. The van der Waals surface area contributed by atoms with Crippen molar-refractivity contribution in [3.05, 3.63) is 0 Å². The molecule has 0 aromatic heterocycles. The maximum absolute atomic E-state index is 10.0. The molecule has 0 spiro atoms. The Balaban J connectivity index is 2.36. The number of piperidine rings is 1. The molecule has 0 saturated carbocycles. The third-order valence-corrected chi connectivity index (χ3v) is 1.66. The Morgan fingerprint density at radius 1 is 1.55 bits per heavy atom. The van der Waals surface area contributed by atoms with Crippen molar-refractivity contribution in [3.8, 4) is 11.8 Å². The largest absolute Gasteiger partial charge is 0.472 e. The molecule has 3 nitrogen and oxygen atoms in total. The second-order valence-electron chi connectivity index (χ2n) is 2.58. The smallest absolute Gasteiger partial charge is 0.381 e. The molecule has 0 aliphatic carbocycles. The van der Waals surface area contributed by atoms with Gasteiger partial charge in [0.05, 0.1) is 6.04 Å². The van der Waals surface area contributed by atoms with E-state index in [1.54, 1.807) is 0 Å². The highest BCUT2D eigenvalue weighted by Gasteiger charge is 2.08. The maximum atomic E-state index is 10.0. The summed E-state index contributed by atoms with van der Waals surface area (Å²) in [6.07, 6.45) is 3.29. The Labute approximate surface area is 65.8 Å². The molecular formula is C8H11NO2. The zero-order chi connectivity index (χ0) is 8.10. The van der Waals surface area contributed by atoms with Crippen LogP contribution in [0.1, 0.15) is 19.3 Å². The van der Waals surface area contributed by atoms with E-state index in [0.717, 1.165) is 19.4 Å². The summed E-state index contributed by atoms with van der Waals surface area (Å²) in [5.41, 5.74) is 0. The van der Waals surface area contributed by atoms with Gasteiger partial charge in [-0.05, 0) is 25.8 Å². The summed E-state index contributed by atoms with van der Waals surface area (Å²) in [7, 11) is 0. The maximum Gasteiger partial charge on any atom is 0.381 e. The second-order valence-corrected chi connectivity index (χ2v) is 2.58. The molecule has 1 heterocycles. The monoisotopic (exact) mass is 153 g/mol. The molecular weight excluding hydrogens is 142 g/mol. The SMILES string of the molecule is O=C(O)C#CC1CCCCN1. The molecule has 11 heavy (non-hydrogen) atoms. The van der Waals surface area contributed by atoms with E-state index < -0.39 is 5.97 Å². The van der Waals surface area contributed by atoms with Crippen molar-refractivity contribution in [1.29, 1.82) is 0 Å². The van der Waals surface area contributed by atoms with Gasteiger partial charge in [0.15, 0.2) is 0 Å². The van der Waals surface area contributed by atoms with Crippen LogP contribution in [-0.2, 0) is 4.79 Å². The third kappa shape index (κ3) is 3.06. The first-order valence-electron chi connectivity index (χ1n) is 3.77. The lowest BCUT2D eigenvalue weighted by molar-refractivity contribution is -0.130. The van der Waals surface area contributed by atoms with Crippen molar-refractivity contribution in [2.75, 3.05) is 6.54 Å². The first kappa shape index (κ1) is 8.09. The number of aliphatic carboxylic acids is 1. The molecule has 2 N–H and O–H groups in total. The Morgan fingerprint density at radius 2 is 2.36 bits per heavy atom. The molecule has 1 fully saturated rings. The van der Waals surface area contributed by atoms with Crippen LogP contribution in [0.15, 0.2) is 0 Å². The summed E-state index contributed by atoms with van der Waals surface area (Å²) in [5, 5.41) is 11.4. The predicted molar refractivity (Wildman–Crippen MR) is 41.1 cm³/mol. The molecule has 1 aliphatic rings. The number of hydrogen-bond donors (Lipinski definition) is 2. The Hall–Kier alpha value is -1.01. The highest BCUT2D eigenvalue weighted by Crippen LogP contribution is 2.05. The van der Waals surface area contributed by atoms with Crippen LogP contribution in [0.4, 0.5) is 0 Å². The van der Waals surface area contributed by atoms with E-state index in [-0.39, 0.29) is 6.04 Å². The number of hydrogen-bond acceptors (Lipinski definition) is 2. The van der Waals surface area contributed by atoms with Gasteiger partial charge in [-0.3, -0.25) is 0 Å². The molecule has 1 saturated heterocycles. The van der Waals surface area contributed by atoms with Crippen molar-refractivity contribution >= 4 is 5.97 Å². The summed E-state index contributed by atoms with van der Waals surface area (Å²) < 4.78 is 0. The molecule has 0 aromatic rings. The summed E-state index contributed by atoms with van der Waals surface area (Å²) in [4.78, 5) is 10.0. The average molecular weight is 153 g/mol. The highest BCUT2D eigenvalue weighted by atomic mass is 16.4. The molecule has 1 unspecified atom stereocenters. The van der Waals surface area contributed by atoms with Crippen LogP contribution in [0.2, 0.25) is 0 Å². The van der Waals surface area contributed by atoms with E-state index in [9.17, 15) is 4.79 Å². The van der Waals surface area contributed by atoms with E-state index in [0.29, 0.717) is 0 Å². The first-order chi connectivity index (χ1) is 5.29. The van der Waals surface area contributed by atoms with Crippen molar-refractivity contribution in [2.45, 2.75) is 25.3 Å². The van der Waals surface area contributed by atoms with Gasteiger partial charge in [-0.2, -0.15) is 0 Å². The predicted octanol–water partition coefficient (Wildman–Crippen LogP) is 0.217. The standard InChI is InChI=1S/C8H11NO2/c10-8(11)5-4-7-3-1-2-6-9-7/h7,9H,1-3,6H2,(H,10,11). The van der Waals surface area contributed by atoms with Crippen LogP contribution < -0.4 is 5.32 Å². The molecule has 1 rings (SSSR count). The molecule has 0 aromatic carbocycles. The molecule has 3 heteroatoms. The van der Waals surface area contributed by atoms with Gasteiger partial charge < -0.3 is 10.4 Å². The van der Waals surface area contributed by atoms with Crippen LogP contribution in [0.5, 0.6) is 0 Å². The van der Waals surface area contributed by atoms with Crippen LogP contribution in [0.25, 0.3) is 0 Å². The topological polar surface area (TPSA) is 49.3 Å². The Morgan fingerprint density at radius 3 is 2.91 bits per heavy atom. The van der Waals surface area contributed by atoms with Crippen molar-refractivity contribution < 1.29 is 9.90 Å². The third-order valence-electron chi connectivity index (χ3n) is 1.66. The minimum atomic E-state index is -1.04. The van der Waals surface area contributed by atoms with Crippen molar-refractivity contribution in [2.24, 2.45) is 0 Å². The zero-order valence-electron chi connectivity index (χ0n) is 6.26. The van der Waals surface area contributed by atoms with Crippen LogP contribution in [0, 0.1) is 11.8 Å². The quantitative estimate of drug-likeness (QED) is 0.489. The first-order valence-corrected chi connectivity index (χ1v) is 3.77. The molecule has 1 atom stereocenters. The summed E-state index contributed by atoms with van der Waals surface area (Å²) in [6.45, 7) is 0.957. The van der Waals surface area contributed by atoms with Crippen LogP contribution in [-0.4, -0.2) is 23.7 Å². The summed E-state index contributed by atoms with van der Waals surface area (Å²) >= 11 is 0. The van der Waals surface area contributed by atoms with Gasteiger partial charge in [-0.25, -0.2) is 4.79 Å². The normalized spacial score (nSPS) is 23.5. The van der Waals surface area contributed by atoms with Gasteiger partial charge in [0.25, 0.3) is 0 Å². The van der Waals surface area contributed by atoms with Crippen molar-refractivity contribution in [3.63, 3.8) is 0 Å². The van der Waals surface area contributed by atoms with Crippen molar-refractivity contribution in [1.82, 2.24) is 5.32 Å². The van der Waals surface area contributed by atoms with Crippen LogP contribution in [0.3, 0.4) is 0 Å². The zero-order valence-corrected chi connectivity index (χ0v) is 6.26. The fourth-order valence-corrected chi connectivity index (χ4v) is 1.12. The van der Waals surface area contributed by atoms with Gasteiger partial charge >= 0.3 is 5.97 Å². The number of nitrogens with one attached hydrogen (secondary N) is 1. The van der Waals surface area contributed by atoms with Crippen LogP contribution >= 0.6 is 0 Å². The van der Waals surface area contributed by atoms with Gasteiger partial charge in [0, 0.05) is 5.92 Å². The number of carbonyl (C=O) groups is 1. The Kier molecular flexibility index (Phi) is 2.94. The lowest BCUT2D eigenvalue weighted by Gasteiger charge is -2.17. The fourth-order valence-electron chi connectivity index (χ4n) is 1.12. The van der Waals surface area contributed by atoms with Gasteiger partial charge in [-0.15, -0.1) is 0 Å². The average Bonchev–Trinajstić information content (AvgIpc) is 2.03. The number of rotatable bonds is 0. The number of carboxylic acids is 1. The summed E-state index contributed by atoms with van der Waals surface area (Å²) in [6, 6.07) is 0.0971. The Bertz CT molecular complexity index is 196. The van der Waals surface area contributed by atoms with Gasteiger partial charge in [0.2, 0.25) is 0 Å². The van der Waals surface area contributed by atoms with E-state index in [2.05, 4.69) is 17.2 Å². The van der Waals surface area contributed by atoms with E-state index >= 15 is 0 Å². The van der Waals surface area contributed by atoms with E-state index in [4.69, 9.17) is 5.11 Å². The molecule has 60 valence electrons. The molecule has 0 radical (unpaired) electrons. The molecule has 0 bridgehead atoms. The highest BCUT2D eigenvalue weighted by molar-refractivity contribution is 5.86. The van der Waals surface area contributed by atoms with Gasteiger partial charge in [0.1, 0.15) is 0 Å². The van der Waals surface area contributed by atoms with E-state index in [1.807, 2.05) is 0 Å². The fraction of sp³-hybridized carbons (Fsp3) is 0.625. The lowest BCUT2D eigenvalue weighted by atomic mass is 10.1. The minimum Gasteiger partial charge on any atom is -0.472 e. The number of carboxylic acid groups (broad SMARTS) is 1. The summed E-state index contributed by atoms with van der Waals surface area (Å²) in [5.74, 6) is 3.74. The molecule has 1 aliphatic heterocycles. The lowest BCUT2D eigenvalue weighted by Crippen LogP contribution is -2.32. The van der Waals surface area contributed by atoms with E-state index in [1.165, 1.54) is 6.42 Å². The molecule has 0 amide bonds. The minimum absolute atomic E-state index is 0.0971. The van der Waals surface area contributed by atoms with Gasteiger partial charge in [-0.1, -0.05) is 5.92 Å².